The molecular weight excluding hydrogens is 608 g/mol. The van der Waals surface area contributed by atoms with Gasteiger partial charge in [0, 0.05) is 47.0 Å². The number of nitrogens with one attached hydrogen (secondary N) is 3. The summed E-state index contributed by atoms with van der Waals surface area (Å²) in [5, 5.41) is 32.0. The molecule has 4 N–H and O–H groups in total. The van der Waals surface area contributed by atoms with Crippen LogP contribution in [0.15, 0.2) is 89.3 Å². The molecular formula is C33H34N6O8. The fraction of sp³-hybridized carbons (Fsp3) is 0.242. The average molecular weight is 643 g/mol. The monoisotopic (exact) mass is 642 g/mol. The molecule has 0 unspecified atom stereocenters. The van der Waals surface area contributed by atoms with Crippen LogP contribution >= 0.6 is 0 Å². The summed E-state index contributed by atoms with van der Waals surface area (Å²) in [7, 11) is 1.27. The Morgan fingerprint density at radius 1 is 1.15 bits per heavy atom. The number of hydrogen-bond acceptors (Lipinski definition) is 10. The highest BCUT2D eigenvalue weighted by molar-refractivity contribution is 5.99. The number of non-ortho nitro benzene ring substituents is 1. The van der Waals surface area contributed by atoms with Gasteiger partial charge in [0.05, 0.1) is 36.5 Å². The number of carbonyl (C=O) groups is 2. The van der Waals surface area contributed by atoms with Crippen LogP contribution in [-0.2, 0) is 16.1 Å². The van der Waals surface area contributed by atoms with Gasteiger partial charge in [0.1, 0.15) is 6.61 Å². The van der Waals surface area contributed by atoms with Crippen molar-refractivity contribution in [1.29, 1.82) is 0 Å². The Bertz CT molecular complexity index is 1850. The third-order valence-corrected chi connectivity index (χ3v) is 7.42. The standard InChI is InChI=1S/C33H34N6O8/c1-4-46-28-15-22(31-30(32(41)45-3)20(2)35-33(42)36-31)11-14-27(28)47-19-29(40)37-34-16-23-18-38(26-8-6-5-7-25(23)26)17-21-9-12-24(13-10-21)39(43)44/h5-16,18,29,31,37,40H,4,17,19H2,1-3H3,(H2,35,36,42)/b34-16+/t29-,31+/m0/s1. The van der Waals surface area contributed by atoms with E-state index in [0.29, 0.717) is 35.9 Å². The van der Waals surface area contributed by atoms with Gasteiger partial charge in [-0.15, -0.1) is 0 Å². The summed E-state index contributed by atoms with van der Waals surface area (Å²) in [6.07, 6.45) is 2.34. The van der Waals surface area contributed by atoms with E-state index in [9.17, 15) is 24.8 Å². The van der Waals surface area contributed by atoms with Crippen LogP contribution in [0.2, 0.25) is 0 Å². The molecule has 2 atom stereocenters. The summed E-state index contributed by atoms with van der Waals surface area (Å²) in [5.74, 6) is 0.119. The van der Waals surface area contributed by atoms with Gasteiger partial charge in [-0.2, -0.15) is 5.10 Å². The summed E-state index contributed by atoms with van der Waals surface area (Å²) in [5.41, 5.74) is 6.58. The second-order valence-electron chi connectivity index (χ2n) is 10.6. The second-order valence-corrected chi connectivity index (χ2v) is 10.6. The summed E-state index contributed by atoms with van der Waals surface area (Å²) >= 11 is 0. The Labute approximate surface area is 269 Å². The van der Waals surface area contributed by atoms with E-state index in [4.69, 9.17) is 14.2 Å². The van der Waals surface area contributed by atoms with Crippen LogP contribution in [0.5, 0.6) is 11.5 Å². The fourth-order valence-corrected chi connectivity index (χ4v) is 5.24. The van der Waals surface area contributed by atoms with Gasteiger partial charge in [-0.25, -0.2) is 9.59 Å². The van der Waals surface area contributed by atoms with Crippen molar-refractivity contribution in [3.63, 3.8) is 0 Å². The number of benzene rings is 3. The number of esters is 1. The molecule has 2 heterocycles. The molecule has 0 fully saturated rings. The minimum absolute atomic E-state index is 0.0348. The van der Waals surface area contributed by atoms with Crippen molar-refractivity contribution in [3.05, 3.63) is 111 Å². The molecule has 14 heteroatoms. The van der Waals surface area contributed by atoms with E-state index in [1.165, 1.54) is 19.2 Å². The van der Waals surface area contributed by atoms with E-state index in [1.54, 1.807) is 50.4 Å². The van der Waals surface area contributed by atoms with Crippen molar-refractivity contribution in [2.45, 2.75) is 32.7 Å². The maximum absolute atomic E-state index is 12.5. The molecule has 2 amide bonds. The molecule has 0 saturated carbocycles. The lowest BCUT2D eigenvalue weighted by atomic mass is 9.95. The minimum atomic E-state index is -1.17. The third-order valence-electron chi connectivity index (χ3n) is 7.42. The van der Waals surface area contributed by atoms with Crippen LogP contribution in [0.4, 0.5) is 10.5 Å². The molecule has 0 spiro atoms. The molecule has 0 radical (unpaired) electrons. The first kappa shape index (κ1) is 32.5. The van der Waals surface area contributed by atoms with Gasteiger partial charge in [0.15, 0.2) is 17.7 Å². The number of hydrogen-bond donors (Lipinski definition) is 4. The lowest BCUT2D eigenvalue weighted by Crippen LogP contribution is -2.45. The molecule has 0 aliphatic carbocycles. The number of para-hydroxylation sites is 1. The van der Waals surface area contributed by atoms with Crippen LogP contribution in [0.1, 0.15) is 36.6 Å². The number of hydrazone groups is 1. The van der Waals surface area contributed by atoms with Gasteiger partial charge in [0.25, 0.3) is 5.69 Å². The molecule has 5 rings (SSSR count). The van der Waals surface area contributed by atoms with Crippen LogP contribution in [-0.4, -0.2) is 59.4 Å². The first-order valence-electron chi connectivity index (χ1n) is 14.7. The largest absolute Gasteiger partial charge is 0.490 e. The quantitative estimate of drug-likeness (QED) is 0.0549. The van der Waals surface area contributed by atoms with E-state index in [-0.39, 0.29) is 17.9 Å². The van der Waals surface area contributed by atoms with E-state index in [0.717, 1.165) is 22.0 Å². The van der Waals surface area contributed by atoms with Gasteiger partial charge >= 0.3 is 12.0 Å². The third kappa shape index (κ3) is 7.50. The Morgan fingerprint density at radius 2 is 1.91 bits per heavy atom. The molecule has 1 aromatic heterocycles. The number of aliphatic hydroxyl groups is 1. The SMILES string of the molecule is CCOc1cc([C@H]2NC(=O)NC(C)=C2C(=O)OC)ccc1OC[C@H](O)N/N=C/c1cn(Cc2ccc([N+](=O)[O-])cc2)c2ccccc12. The Balaban J connectivity index is 1.25. The van der Waals surface area contributed by atoms with Crippen molar-refractivity contribution < 1.29 is 33.8 Å². The normalized spacial score (nSPS) is 15.2. The van der Waals surface area contributed by atoms with E-state index in [2.05, 4.69) is 21.2 Å². The van der Waals surface area contributed by atoms with E-state index < -0.39 is 29.2 Å². The number of aromatic nitrogens is 1. The number of nitro benzene ring substituents is 1. The van der Waals surface area contributed by atoms with Crippen molar-refractivity contribution in [1.82, 2.24) is 20.6 Å². The zero-order chi connectivity index (χ0) is 33.5. The van der Waals surface area contributed by atoms with Crippen molar-refractivity contribution in [2.24, 2.45) is 5.10 Å². The molecule has 14 nitrogen and oxygen atoms in total. The number of nitrogens with zero attached hydrogens (tertiary/aromatic N) is 3. The molecule has 1 aliphatic heterocycles. The highest BCUT2D eigenvalue weighted by Crippen LogP contribution is 2.35. The van der Waals surface area contributed by atoms with E-state index in [1.807, 2.05) is 35.0 Å². The highest BCUT2D eigenvalue weighted by Gasteiger charge is 2.32. The lowest BCUT2D eigenvalue weighted by molar-refractivity contribution is -0.384. The lowest BCUT2D eigenvalue weighted by Gasteiger charge is -2.28. The number of urea groups is 1. The molecule has 4 aromatic rings. The zero-order valence-corrected chi connectivity index (χ0v) is 25.9. The average Bonchev–Trinajstić information content (AvgIpc) is 3.40. The van der Waals surface area contributed by atoms with Crippen molar-refractivity contribution in [2.75, 3.05) is 20.3 Å². The maximum Gasteiger partial charge on any atom is 0.337 e. The summed E-state index contributed by atoms with van der Waals surface area (Å²) in [6.45, 7) is 4.08. The Kier molecular flexibility index (Phi) is 10.0. The Morgan fingerprint density at radius 3 is 2.64 bits per heavy atom. The number of allylic oxidation sites excluding steroid dienone is 1. The van der Waals surface area contributed by atoms with Gasteiger partial charge in [-0.1, -0.05) is 36.4 Å². The minimum Gasteiger partial charge on any atom is -0.490 e. The smallest absolute Gasteiger partial charge is 0.337 e. The first-order valence-corrected chi connectivity index (χ1v) is 14.7. The predicted molar refractivity (Wildman–Crippen MR) is 173 cm³/mol. The fourth-order valence-electron chi connectivity index (χ4n) is 5.24. The van der Waals surface area contributed by atoms with E-state index >= 15 is 0 Å². The number of rotatable bonds is 13. The number of nitro groups is 1. The Hall–Kier alpha value is -5.89. The number of ether oxygens (including phenoxy) is 3. The molecule has 244 valence electrons. The number of carbonyl (C=O) groups excluding carboxylic acids is 2. The highest BCUT2D eigenvalue weighted by atomic mass is 16.6. The molecule has 47 heavy (non-hydrogen) atoms. The molecule has 3 aromatic carbocycles. The van der Waals surface area contributed by atoms with Gasteiger partial charge in [-0.05, 0) is 43.2 Å². The number of methoxy groups -OCH3 is 1. The zero-order valence-electron chi connectivity index (χ0n) is 25.9. The van der Waals surface area contributed by atoms with Crippen LogP contribution in [0.3, 0.4) is 0 Å². The maximum atomic E-state index is 12.5. The molecule has 1 aliphatic rings. The predicted octanol–water partition coefficient (Wildman–Crippen LogP) is 4.12. The summed E-state index contributed by atoms with van der Waals surface area (Å²) in [4.78, 5) is 35.2. The van der Waals surface area contributed by atoms with Gasteiger partial charge in [-0.3, -0.25) is 15.5 Å². The first-order chi connectivity index (χ1) is 22.7. The summed E-state index contributed by atoms with van der Waals surface area (Å²) < 4.78 is 18.6. The molecule has 0 bridgehead atoms. The van der Waals surface area contributed by atoms with Crippen molar-refractivity contribution >= 4 is 34.8 Å². The molecule has 0 saturated heterocycles. The topological polar surface area (TPSA) is 179 Å². The van der Waals surface area contributed by atoms with Gasteiger partial charge in [0.2, 0.25) is 0 Å². The van der Waals surface area contributed by atoms with Crippen LogP contribution in [0, 0.1) is 10.1 Å². The number of amides is 2. The number of aliphatic hydroxyl groups excluding tert-OH is 1. The van der Waals surface area contributed by atoms with Gasteiger partial charge < -0.3 is 34.5 Å². The van der Waals surface area contributed by atoms with Crippen LogP contribution < -0.4 is 25.5 Å². The summed E-state index contributed by atoms with van der Waals surface area (Å²) in [6, 6.07) is 18.0. The second kappa shape index (κ2) is 14.5. The van der Waals surface area contributed by atoms with Crippen LogP contribution in [0.25, 0.3) is 10.9 Å². The van der Waals surface area contributed by atoms with Crippen molar-refractivity contribution in [3.8, 4) is 11.5 Å². The number of fused-ring (bicyclic) bond motifs is 1.